The van der Waals surface area contributed by atoms with Crippen LogP contribution < -0.4 is 5.32 Å². The van der Waals surface area contributed by atoms with Crippen molar-refractivity contribution in [1.29, 1.82) is 0 Å². The second-order valence-corrected chi connectivity index (χ2v) is 3.14. The van der Waals surface area contributed by atoms with Gasteiger partial charge in [0.05, 0.1) is 13.2 Å². The minimum atomic E-state index is -0.0130. The predicted molar refractivity (Wildman–Crippen MR) is 56.6 cm³/mol. The van der Waals surface area contributed by atoms with Gasteiger partial charge in [-0.2, -0.15) is 0 Å². The Hall–Kier alpha value is -0.650. The Labute approximate surface area is 90.8 Å². The van der Waals surface area contributed by atoms with Gasteiger partial charge in [-0.3, -0.25) is 4.79 Å². The first-order valence-corrected chi connectivity index (χ1v) is 5.25. The van der Waals surface area contributed by atoms with E-state index in [1.54, 1.807) is 7.11 Å². The van der Waals surface area contributed by atoms with E-state index in [0.717, 1.165) is 6.42 Å². The number of aliphatic hydroxyl groups is 1. The van der Waals surface area contributed by atoms with Crippen LogP contribution in [0.3, 0.4) is 0 Å². The molecule has 5 heteroatoms. The van der Waals surface area contributed by atoms with Gasteiger partial charge in [-0.25, -0.2) is 0 Å². The van der Waals surface area contributed by atoms with E-state index in [9.17, 15) is 4.79 Å². The van der Waals surface area contributed by atoms with Crippen LogP contribution in [0.2, 0.25) is 0 Å². The van der Waals surface area contributed by atoms with Gasteiger partial charge < -0.3 is 19.9 Å². The van der Waals surface area contributed by atoms with E-state index in [1.165, 1.54) is 0 Å². The molecule has 0 heterocycles. The van der Waals surface area contributed by atoms with Gasteiger partial charge in [-0.05, 0) is 12.8 Å². The fraction of sp³-hybridized carbons (Fsp3) is 0.900. The summed E-state index contributed by atoms with van der Waals surface area (Å²) in [7, 11) is 1.63. The number of ether oxygens (including phenoxy) is 2. The first-order valence-electron chi connectivity index (χ1n) is 5.25. The average molecular weight is 219 g/mol. The van der Waals surface area contributed by atoms with Crippen LogP contribution in [0.5, 0.6) is 0 Å². The molecule has 2 N–H and O–H groups in total. The maximum Gasteiger partial charge on any atom is 0.220 e. The van der Waals surface area contributed by atoms with Crippen LogP contribution in [0.15, 0.2) is 0 Å². The third-order valence-corrected chi connectivity index (χ3v) is 1.78. The summed E-state index contributed by atoms with van der Waals surface area (Å²) in [6.07, 6.45) is 1.71. The number of carbonyl (C=O) groups excluding carboxylic acids is 1. The fourth-order valence-corrected chi connectivity index (χ4v) is 0.974. The van der Waals surface area contributed by atoms with Gasteiger partial charge in [0.15, 0.2) is 0 Å². The lowest BCUT2D eigenvalue weighted by atomic mass is 10.3. The lowest BCUT2D eigenvalue weighted by Gasteiger charge is -2.05. The summed E-state index contributed by atoms with van der Waals surface area (Å²) in [5, 5.41) is 11.2. The smallest absolute Gasteiger partial charge is 0.220 e. The van der Waals surface area contributed by atoms with Gasteiger partial charge in [-0.15, -0.1) is 0 Å². The molecule has 1 amide bonds. The quantitative estimate of drug-likeness (QED) is 0.505. The lowest BCUT2D eigenvalue weighted by Crippen LogP contribution is -2.25. The number of methoxy groups -OCH3 is 1. The summed E-state index contributed by atoms with van der Waals surface area (Å²) in [6, 6.07) is 0. The van der Waals surface area contributed by atoms with Crippen LogP contribution in [0.1, 0.15) is 19.3 Å². The molecule has 0 unspecified atom stereocenters. The molecule has 90 valence electrons. The summed E-state index contributed by atoms with van der Waals surface area (Å²) in [5.41, 5.74) is 0. The Balaban J connectivity index is 3.06. The van der Waals surface area contributed by atoms with Crippen molar-refractivity contribution in [2.24, 2.45) is 0 Å². The molecule has 0 saturated carbocycles. The molecule has 0 saturated heterocycles. The van der Waals surface area contributed by atoms with Gasteiger partial charge in [0.1, 0.15) is 0 Å². The Kier molecular flexibility index (Phi) is 10.9. The zero-order valence-corrected chi connectivity index (χ0v) is 9.33. The second kappa shape index (κ2) is 11.4. The van der Waals surface area contributed by atoms with Gasteiger partial charge in [0.25, 0.3) is 0 Å². The van der Waals surface area contributed by atoms with E-state index in [1.807, 2.05) is 0 Å². The third-order valence-electron chi connectivity index (χ3n) is 1.78. The number of aliphatic hydroxyl groups excluding tert-OH is 1. The van der Waals surface area contributed by atoms with Crippen molar-refractivity contribution >= 4 is 5.91 Å². The van der Waals surface area contributed by atoms with Crippen molar-refractivity contribution in [1.82, 2.24) is 5.32 Å². The highest BCUT2D eigenvalue weighted by Crippen LogP contribution is 1.87. The second-order valence-electron chi connectivity index (χ2n) is 3.14. The van der Waals surface area contributed by atoms with Crippen molar-refractivity contribution in [3.8, 4) is 0 Å². The van der Waals surface area contributed by atoms with Crippen molar-refractivity contribution < 1.29 is 19.4 Å². The van der Waals surface area contributed by atoms with Crippen LogP contribution in [-0.2, 0) is 14.3 Å². The maximum atomic E-state index is 11.1. The molecule has 5 nitrogen and oxygen atoms in total. The molecule has 0 aromatic carbocycles. The molecule has 0 aliphatic heterocycles. The Morgan fingerprint density at radius 1 is 1.27 bits per heavy atom. The number of hydrogen-bond donors (Lipinski definition) is 2. The minimum Gasteiger partial charge on any atom is -0.396 e. The zero-order valence-electron chi connectivity index (χ0n) is 9.33. The molecule has 0 aromatic heterocycles. The first kappa shape index (κ1) is 14.3. The average Bonchev–Trinajstić information content (AvgIpc) is 2.25. The lowest BCUT2D eigenvalue weighted by molar-refractivity contribution is -0.121. The summed E-state index contributed by atoms with van der Waals surface area (Å²) in [6.45, 7) is 2.51. The summed E-state index contributed by atoms with van der Waals surface area (Å²) in [4.78, 5) is 11.1. The molecule has 0 rings (SSSR count). The number of amides is 1. The normalized spacial score (nSPS) is 10.3. The topological polar surface area (TPSA) is 67.8 Å². The third kappa shape index (κ3) is 11.3. The van der Waals surface area contributed by atoms with E-state index in [2.05, 4.69) is 5.32 Å². The Bertz CT molecular complexity index is 152. The van der Waals surface area contributed by atoms with Crippen molar-refractivity contribution in [3.63, 3.8) is 0 Å². The number of carbonyl (C=O) groups is 1. The zero-order chi connectivity index (χ0) is 11.4. The summed E-state index contributed by atoms with van der Waals surface area (Å²) >= 11 is 0. The SMILES string of the molecule is COCCOCCCNC(=O)CCCO. The van der Waals surface area contributed by atoms with Crippen LogP contribution in [0.4, 0.5) is 0 Å². The molecular formula is C10H21NO4. The fourth-order valence-electron chi connectivity index (χ4n) is 0.974. The molecule has 15 heavy (non-hydrogen) atoms. The van der Waals surface area contributed by atoms with Gasteiger partial charge in [0, 0.05) is 33.3 Å². The highest BCUT2D eigenvalue weighted by atomic mass is 16.5. The van der Waals surface area contributed by atoms with Gasteiger partial charge in [0.2, 0.25) is 5.91 Å². The molecule has 0 fully saturated rings. The first-order chi connectivity index (χ1) is 7.31. The van der Waals surface area contributed by atoms with Crippen molar-refractivity contribution in [2.75, 3.05) is 40.1 Å². The van der Waals surface area contributed by atoms with E-state index in [-0.39, 0.29) is 12.5 Å². The molecule has 0 atom stereocenters. The number of rotatable bonds is 10. The minimum absolute atomic E-state index is 0.0130. The summed E-state index contributed by atoms with van der Waals surface area (Å²) < 4.78 is 10.0. The van der Waals surface area contributed by atoms with Crippen LogP contribution in [0, 0.1) is 0 Å². The Morgan fingerprint density at radius 2 is 2.07 bits per heavy atom. The molecule has 0 aliphatic rings. The molecule has 0 radical (unpaired) electrons. The Morgan fingerprint density at radius 3 is 2.73 bits per heavy atom. The van der Waals surface area contributed by atoms with Gasteiger partial charge >= 0.3 is 0 Å². The van der Waals surface area contributed by atoms with E-state index < -0.39 is 0 Å². The van der Waals surface area contributed by atoms with E-state index in [4.69, 9.17) is 14.6 Å². The van der Waals surface area contributed by atoms with Crippen LogP contribution in [-0.4, -0.2) is 51.1 Å². The van der Waals surface area contributed by atoms with Crippen LogP contribution >= 0.6 is 0 Å². The molecule has 0 aromatic rings. The maximum absolute atomic E-state index is 11.1. The highest BCUT2D eigenvalue weighted by molar-refractivity contribution is 5.75. The largest absolute Gasteiger partial charge is 0.396 e. The standard InChI is InChI=1S/C10H21NO4/c1-14-8-9-15-7-3-5-11-10(13)4-2-6-12/h12H,2-9H2,1H3,(H,11,13). The molecule has 0 bridgehead atoms. The number of nitrogens with one attached hydrogen (secondary N) is 1. The molecule has 0 spiro atoms. The highest BCUT2D eigenvalue weighted by Gasteiger charge is 1.98. The van der Waals surface area contributed by atoms with Crippen LogP contribution in [0.25, 0.3) is 0 Å². The molecular weight excluding hydrogens is 198 g/mol. The van der Waals surface area contributed by atoms with E-state index >= 15 is 0 Å². The van der Waals surface area contributed by atoms with E-state index in [0.29, 0.717) is 39.2 Å². The molecule has 0 aliphatic carbocycles. The monoisotopic (exact) mass is 219 g/mol. The summed E-state index contributed by atoms with van der Waals surface area (Å²) in [5.74, 6) is -0.0130. The van der Waals surface area contributed by atoms with Crippen molar-refractivity contribution in [2.45, 2.75) is 19.3 Å². The van der Waals surface area contributed by atoms with Gasteiger partial charge in [-0.1, -0.05) is 0 Å². The number of hydrogen-bond acceptors (Lipinski definition) is 4. The van der Waals surface area contributed by atoms with Crippen molar-refractivity contribution in [3.05, 3.63) is 0 Å². The predicted octanol–water partition coefficient (Wildman–Crippen LogP) is -0.0718.